The Hall–Kier alpha value is -2.17. The van der Waals surface area contributed by atoms with E-state index in [4.69, 9.17) is 10.5 Å². The molecule has 2 aromatic carbocycles. The lowest BCUT2D eigenvalue weighted by atomic mass is 9.89. The van der Waals surface area contributed by atoms with Crippen LogP contribution in [0.5, 0.6) is 0 Å². The van der Waals surface area contributed by atoms with Gasteiger partial charge < -0.3 is 10.5 Å². The highest BCUT2D eigenvalue weighted by Crippen LogP contribution is 2.26. The van der Waals surface area contributed by atoms with Gasteiger partial charge in [0.2, 0.25) is 5.91 Å². The summed E-state index contributed by atoms with van der Waals surface area (Å²) < 4.78 is 6.02. The minimum absolute atomic E-state index is 0.224. The van der Waals surface area contributed by atoms with Gasteiger partial charge in [-0.15, -0.1) is 0 Å². The number of carbonyl (C=O) groups is 1. The van der Waals surface area contributed by atoms with Crippen molar-refractivity contribution < 1.29 is 9.53 Å². The van der Waals surface area contributed by atoms with Gasteiger partial charge in [0.25, 0.3) is 0 Å². The molecule has 160 valence electrons. The smallest absolute Gasteiger partial charge is 0.231 e. The monoisotopic (exact) mass is 406 g/mol. The first-order valence-corrected chi connectivity index (χ1v) is 11.5. The van der Waals surface area contributed by atoms with E-state index in [1.807, 2.05) is 0 Å². The van der Waals surface area contributed by atoms with Gasteiger partial charge in [-0.3, -0.25) is 9.69 Å². The zero-order valence-electron chi connectivity index (χ0n) is 17.9. The Morgan fingerprint density at radius 3 is 2.00 bits per heavy atom. The Bertz CT molecular complexity index is 802. The van der Waals surface area contributed by atoms with Crippen LogP contribution < -0.4 is 5.73 Å². The third-order valence-corrected chi connectivity index (χ3v) is 6.64. The summed E-state index contributed by atoms with van der Waals surface area (Å²) in [6.45, 7) is 3.07. The van der Waals surface area contributed by atoms with Crippen LogP contribution in [0.2, 0.25) is 0 Å². The lowest BCUT2D eigenvalue weighted by Crippen LogP contribution is -2.39. The van der Waals surface area contributed by atoms with Crippen molar-refractivity contribution >= 4 is 5.91 Å². The summed E-state index contributed by atoms with van der Waals surface area (Å²) in [5.74, 6) is 0.470. The highest BCUT2D eigenvalue weighted by Gasteiger charge is 2.20. The van der Waals surface area contributed by atoms with Crippen molar-refractivity contribution in [3.05, 3.63) is 59.7 Å². The summed E-state index contributed by atoms with van der Waals surface area (Å²) in [7, 11) is 0. The van der Waals surface area contributed by atoms with E-state index in [0.717, 1.165) is 39.0 Å². The second-order valence-electron chi connectivity index (χ2n) is 9.00. The van der Waals surface area contributed by atoms with Crippen LogP contribution >= 0.6 is 0 Å². The number of primary amides is 1. The van der Waals surface area contributed by atoms with E-state index in [1.165, 1.54) is 47.9 Å². The van der Waals surface area contributed by atoms with Gasteiger partial charge >= 0.3 is 0 Å². The van der Waals surface area contributed by atoms with Crippen molar-refractivity contribution in [2.45, 2.75) is 57.7 Å². The molecular formula is C26H34N2O2. The van der Waals surface area contributed by atoms with Crippen molar-refractivity contribution in [2.24, 2.45) is 11.7 Å². The van der Waals surface area contributed by atoms with E-state index in [0.29, 0.717) is 18.6 Å². The molecule has 2 fully saturated rings. The summed E-state index contributed by atoms with van der Waals surface area (Å²) in [5, 5.41) is 0. The number of nitrogens with zero attached hydrogens (tertiary/aromatic N) is 1. The molecule has 1 aliphatic heterocycles. The van der Waals surface area contributed by atoms with Crippen molar-refractivity contribution in [1.82, 2.24) is 4.90 Å². The van der Waals surface area contributed by atoms with Crippen LogP contribution in [0.3, 0.4) is 0 Å². The molecular weight excluding hydrogens is 372 g/mol. The van der Waals surface area contributed by atoms with Crippen LogP contribution in [-0.4, -0.2) is 36.5 Å². The standard InChI is InChI=1S/C26H34N2O2/c27-26(29)18-28-15-13-21(14-16-28)17-20-5-9-23(10-6-20)24-11-7-22(8-12-24)19-30-25-3-1-2-4-25/h5-12,21,25H,1-4,13-19H2,(H2,27,29). The molecule has 4 heteroatoms. The minimum atomic E-state index is -0.224. The number of piperidine rings is 1. The van der Waals surface area contributed by atoms with Gasteiger partial charge in [0.1, 0.15) is 0 Å². The largest absolute Gasteiger partial charge is 0.374 e. The minimum Gasteiger partial charge on any atom is -0.374 e. The number of ether oxygens (including phenoxy) is 1. The lowest BCUT2D eigenvalue weighted by molar-refractivity contribution is -0.119. The molecule has 1 aliphatic carbocycles. The number of amides is 1. The molecule has 4 nitrogen and oxygen atoms in total. The molecule has 2 aliphatic rings. The van der Waals surface area contributed by atoms with Gasteiger partial charge in [-0.2, -0.15) is 0 Å². The molecule has 0 spiro atoms. The van der Waals surface area contributed by atoms with E-state index in [9.17, 15) is 4.79 Å². The molecule has 2 aromatic rings. The van der Waals surface area contributed by atoms with Crippen molar-refractivity contribution in [1.29, 1.82) is 0 Å². The summed E-state index contributed by atoms with van der Waals surface area (Å²) >= 11 is 0. The second kappa shape index (κ2) is 10.2. The first kappa shape index (κ1) is 21.1. The molecule has 1 saturated carbocycles. The molecule has 4 rings (SSSR count). The summed E-state index contributed by atoms with van der Waals surface area (Å²) in [6, 6.07) is 17.8. The molecule has 0 bridgehead atoms. The fraction of sp³-hybridized carbons (Fsp3) is 0.500. The van der Waals surface area contributed by atoms with Gasteiger partial charge in [-0.25, -0.2) is 0 Å². The Kier molecular flexibility index (Phi) is 7.19. The number of hydrogen-bond acceptors (Lipinski definition) is 3. The summed E-state index contributed by atoms with van der Waals surface area (Å²) in [6.07, 6.45) is 8.92. The first-order chi connectivity index (χ1) is 14.7. The fourth-order valence-corrected chi connectivity index (χ4v) is 4.80. The van der Waals surface area contributed by atoms with E-state index in [1.54, 1.807) is 0 Å². The molecule has 0 radical (unpaired) electrons. The van der Waals surface area contributed by atoms with Gasteiger partial charge in [-0.1, -0.05) is 61.4 Å². The maximum atomic E-state index is 11.1. The van der Waals surface area contributed by atoms with Crippen molar-refractivity contribution in [2.75, 3.05) is 19.6 Å². The molecule has 1 amide bonds. The van der Waals surface area contributed by atoms with Crippen LogP contribution in [0.1, 0.15) is 49.7 Å². The molecule has 0 unspecified atom stereocenters. The molecule has 2 N–H and O–H groups in total. The highest BCUT2D eigenvalue weighted by atomic mass is 16.5. The fourth-order valence-electron chi connectivity index (χ4n) is 4.80. The maximum Gasteiger partial charge on any atom is 0.231 e. The molecule has 1 heterocycles. The van der Waals surface area contributed by atoms with E-state index in [2.05, 4.69) is 53.4 Å². The van der Waals surface area contributed by atoms with Crippen LogP contribution in [0, 0.1) is 5.92 Å². The Morgan fingerprint density at radius 1 is 0.867 bits per heavy atom. The van der Waals surface area contributed by atoms with Crippen LogP contribution in [0.25, 0.3) is 11.1 Å². The predicted molar refractivity (Wildman–Crippen MR) is 121 cm³/mol. The number of carbonyl (C=O) groups excluding carboxylic acids is 1. The van der Waals surface area contributed by atoms with Crippen molar-refractivity contribution in [3.63, 3.8) is 0 Å². The molecule has 1 saturated heterocycles. The quantitative estimate of drug-likeness (QED) is 0.700. The number of likely N-dealkylation sites (tertiary alicyclic amines) is 1. The Morgan fingerprint density at radius 2 is 1.43 bits per heavy atom. The molecule has 30 heavy (non-hydrogen) atoms. The molecule has 0 atom stereocenters. The third kappa shape index (κ3) is 5.93. The third-order valence-electron chi connectivity index (χ3n) is 6.64. The number of nitrogens with two attached hydrogens (primary N) is 1. The average molecular weight is 407 g/mol. The van der Waals surface area contributed by atoms with E-state index < -0.39 is 0 Å². The SMILES string of the molecule is NC(=O)CN1CCC(Cc2ccc(-c3ccc(COC4CCCC4)cc3)cc2)CC1. The average Bonchev–Trinajstić information content (AvgIpc) is 3.28. The van der Waals surface area contributed by atoms with Crippen LogP contribution in [0.15, 0.2) is 48.5 Å². The van der Waals surface area contributed by atoms with E-state index >= 15 is 0 Å². The highest BCUT2D eigenvalue weighted by molar-refractivity contribution is 5.75. The summed E-state index contributed by atoms with van der Waals surface area (Å²) in [4.78, 5) is 13.2. The topological polar surface area (TPSA) is 55.6 Å². The van der Waals surface area contributed by atoms with Gasteiger partial charge in [0.05, 0.1) is 19.3 Å². The Balaban J connectivity index is 1.26. The number of rotatable bonds is 8. The maximum absolute atomic E-state index is 11.1. The zero-order chi connectivity index (χ0) is 20.8. The predicted octanol–water partition coefficient (Wildman–Crippen LogP) is 4.55. The van der Waals surface area contributed by atoms with Gasteiger partial charge in [-0.05, 0) is 73.4 Å². The van der Waals surface area contributed by atoms with Crippen molar-refractivity contribution in [3.8, 4) is 11.1 Å². The Labute approximate surface area is 180 Å². The lowest BCUT2D eigenvalue weighted by Gasteiger charge is -2.31. The first-order valence-electron chi connectivity index (χ1n) is 11.5. The van der Waals surface area contributed by atoms with Crippen LogP contribution in [-0.2, 0) is 22.6 Å². The number of benzene rings is 2. The summed E-state index contributed by atoms with van der Waals surface area (Å²) in [5.41, 5.74) is 10.5. The second-order valence-corrected chi connectivity index (χ2v) is 9.00. The molecule has 0 aromatic heterocycles. The zero-order valence-corrected chi connectivity index (χ0v) is 17.9. The normalized spacial score (nSPS) is 18.7. The number of hydrogen-bond donors (Lipinski definition) is 1. The van der Waals surface area contributed by atoms with E-state index in [-0.39, 0.29) is 5.91 Å². The van der Waals surface area contributed by atoms with Crippen LogP contribution in [0.4, 0.5) is 0 Å². The van der Waals surface area contributed by atoms with Gasteiger partial charge in [0, 0.05) is 0 Å². The van der Waals surface area contributed by atoms with Gasteiger partial charge in [0.15, 0.2) is 0 Å².